The Kier molecular flexibility index (Phi) is 3.05. The molecular weight excluding hydrogens is 266 g/mol. The predicted molar refractivity (Wildman–Crippen MR) is 82.9 cm³/mol. The van der Waals surface area contributed by atoms with Crippen LogP contribution in [0, 0.1) is 0 Å². The summed E-state index contributed by atoms with van der Waals surface area (Å²) in [4.78, 5) is 0. The lowest BCUT2D eigenvalue weighted by Crippen LogP contribution is -2.17. The second-order valence-electron chi connectivity index (χ2n) is 5.39. The summed E-state index contributed by atoms with van der Waals surface area (Å²) in [5.74, 6) is 0.113. The third kappa shape index (κ3) is 2.60. The van der Waals surface area contributed by atoms with E-state index in [0.29, 0.717) is 11.4 Å². The van der Waals surface area contributed by atoms with Crippen LogP contribution in [0.3, 0.4) is 0 Å². The highest BCUT2D eigenvalue weighted by Crippen LogP contribution is 2.37. The van der Waals surface area contributed by atoms with Crippen molar-refractivity contribution >= 4 is 11.4 Å². The number of anilines is 2. The van der Waals surface area contributed by atoms with Crippen LogP contribution in [-0.4, -0.2) is 10.2 Å². The van der Waals surface area contributed by atoms with Gasteiger partial charge in [0.2, 0.25) is 0 Å². The maximum atomic E-state index is 9.52. The first-order valence-electron chi connectivity index (χ1n) is 7.36. The van der Waals surface area contributed by atoms with Crippen molar-refractivity contribution in [3.05, 3.63) is 47.5 Å². The summed E-state index contributed by atoms with van der Waals surface area (Å²) >= 11 is 0. The summed E-state index contributed by atoms with van der Waals surface area (Å²) in [5.41, 5.74) is 14.0. The van der Waals surface area contributed by atoms with Crippen LogP contribution in [0.4, 0.5) is 11.4 Å². The molecule has 0 saturated carbocycles. The van der Waals surface area contributed by atoms with Crippen molar-refractivity contribution in [1.29, 1.82) is 0 Å². The maximum absolute atomic E-state index is 9.52. The van der Waals surface area contributed by atoms with Crippen LogP contribution in [0.25, 0.3) is 0 Å². The van der Waals surface area contributed by atoms with Gasteiger partial charge in [-0.05, 0) is 48.2 Å². The molecule has 2 aromatic carbocycles. The molecule has 1 saturated heterocycles. The van der Waals surface area contributed by atoms with Gasteiger partial charge in [-0.2, -0.15) is 0 Å². The first-order chi connectivity index (χ1) is 10.5. The average Bonchev–Trinajstić information content (AvgIpc) is 2.87. The van der Waals surface area contributed by atoms with Gasteiger partial charge >= 0.3 is 0 Å². The number of benzene rings is 2. The van der Waals surface area contributed by atoms with E-state index in [2.05, 4.69) is 0 Å². The van der Waals surface area contributed by atoms with Crippen LogP contribution in [0.5, 0.6) is 11.5 Å². The van der Waals surface area contributed by atoms with E-state index in [1.807, 2.05) is 0 Å². The SMILES string of the molecule is [2H]N1C(c2ccc(O)c(N)c2)CCC1c1ccc(O)c(N)c1. The lowest BCUT2D eigenvalue weighted by Gasteiger charge is -2.16. The Bertz CT molecular complexity index is 648. The van der Waals surface area contributed by atoms with Gasteiger partial charge in [0.25, 0.3) is 0 Å². The van der Waals surface area contributed by atoms with Crippen LogP contribution >= 0.6 is 0 Å². The van der Waals surface area contributed by atoms with E-state index in [9.17, 15) is 10.2 Å². The zero-order valence-electron chi connectivity index (χ0n) is 12.5. The Morgan fingerprint density at radius 1 is 0.905 bits per heavy atom. The highest BCUT2D eigenvalue weighted by atomic mass is 16.3. The average molecular weight is 286 g/mol. The fourth-order valence-corrected chi connectivity index (χ4v) is 2.75. The molecule has 7 N–H and O–H groups in total. The maximum Gasteiger partial charge on any atom is 0.138 e. The third-order valence-corrected chi connectivity index (χ3v) is 3.95. The van der Waals surface area contributed by atoms with Gasteiger partial charge in [-0.15, -0.1) is 0 Å². The molecule has 0 radical (unpaired) electrons. The minimum Gasteiger partial charge on any atom is -0.506 e. The Morgan fingerprint density at radius 2 is 1.33 bits per heavy atom. The molecule has 0 spiro atoms. The quantitative estimate of drug-likeness (QED) is 0.431. The molecule has 0 aromatic heterocycles. The third-order valence-electron chi connectivity index (χ3n) is 3.95. The number of phenolic OH excluding ortho intramolecular Hbond substituents is 2. The number of rotatable bonds is 2. The minimum absolute atomic E-state index is 0.0566. The molecule has 0 aliphatic carbocycles. The first-order valence-corrected chi connectivity index (χ1v) is 6.91. The molecule has 21 heavy (non-hydrogen) atoms. The Labute approximate surface area is 124 Å². The molecule has 5 heteroatoms. The first kappa shape index (κ1) is 12.3. The topological polar surface area (TPSA) is 105 Å². The molecule has 1 heterocycles. The van der Waals surface area contributed by atoms with Crippen molar-refractivity contribution in [2.75, 3.05) is 11.5 Å². The van der Waals surface area contributed by atoms with E-state index < -0.39 is 0 Å². The molecule has 2 unspecified atom stereocenters. The molecule has 110 valence electrons. The van der Waals surface area contributed by atoms with E-state index in [0.717, 1.165) is 24.0 Å². The van der Waals surface area contributed by atoms with Gasteiger partial charge in [0, 0.05) is 12.1 Å². The highest BCUT2D eigenvalue weighted by Gasteiger charge is 2.26. The van der Waals surface area contributed by atoms with Crippen LogP contribution in [0.15, 0.2) is 36.4 Å². The van der Waals surface area contributed by atoms with Crippen LogP contribution in [0.1, 0.15) is 36.1 Å². The lowest BCUT2D eigenvalue weighted by molar-refractivity contribution is 0.477. The number of nitrogens with two attached hydrogens (primary N) is 2. The largest absolute Gasteiger partial charge is 0.506 e. The molecule has 0 bridgehead atoms. The molecule has 2 atom stereocenters. The van der Waals surface area contributed by atoms with Gasteiger partial charge in [-0.3, -0.25) is 0 Å². The van der Waals surface area contributed by atoms with Crippen molar-refractivity contribution in [3.63, 3.8) is 0 Å². The van der Waals surface area contributed by atoms with Gasteiger partial charge in [-0.1, -0.05) is 12.1 Å². The molecule has 3 rings (SSSR count). The second-order valence-corrected chi connectivity index (χ2v) is 5.39. The molecule has 0 amide bonds. The van der Waals surface area contributed by atoms with Crippen molar-refractivity contribution in [2.24, 2.45) is 0 Å². The lowest BCUT2D eigenvalue weighted by atomic mass is 10.0. The standard InChI is InChI=1S/C16H19N3O2/c17-11-7-9(1-5-15(11)20)13-3-4-14(19-13)10-2-6-16(21)12(18)8-10/h1-2,5-8,13-14,19-21H,3-4,17-18H2/i/hD. The monoisotopic (exact) mass is 286 g/mol. The van der Waals surface area contributed by atoms with Crippen molar-refractivity contribution in [2.45, 2.75) is 24.9 Å². The van der Waals surface area contributed by atoms with Crippen molar-refractivity contribution in [3.8, 4) is 11.5 Å². The van der Waals surface area contributed by atoms with Crippen LogP contribution in [-0.2, 0) is 0 Å². The number of hydrogen-bond donors (Lipinski definition) is 5. The van der Waals surface area contributed by atoms with Gasteiger partial charge in [0.1, 0.15) is 12.9 Å². The molecular formula is C16H19N3O2. The highest BCUT2D eigenvalue weighted by molar-refractivity contribution is 5.55. The number of nitrogen functional groups attached to an aromatic ring is 2. The van der Waals surface area contributed by atoms with E-state index >= 15 is 0 Å². The molecule has 5 nitrogen and oxygen atoms in total. The van der Waals surface area contributed by atoms with E-state index in [1.54, 1.807) is 36.4 Å². The number of aromatic hydroxyl groups is 2. The van der Waals surface area contributed by atoms with E-state index in [1.165, 1.54) is 5.31 Å². The summed E-state index contributed by atoms with van der Waals surface area (Å²) in [6.45, 7) is 0. The molecule has 1 fully saturated rings. The normalized spacial score (nSPS) is 23.1. The summed E-state index contributed by atoms with van der Waals surface area (Å²) < 4.78 is 8.40. The Balaban J connectivity index is 1.86. The predicted octanol–water partition coefficient (Wildman–Crippen LogP) is 2.43. The van der Waals surface area contributed by atoms with Gasteiger partial charge in [-0.25, -0.2) is 0 Å². The summed E-state index contributed by atoms with van der Waals surface area (Å²) in [6, 6.07) is 9.99. The minimum atomic E-state index is -0.0806. The molecule has 2 aromatic rings. The van der Waals surface area contributed by atoms with Gasteiger partial charge < -0.3 is 27.0 Å². The van der Waals surface area contributed by atoms with E-state index in [4.69, 9.17) is 12.9 Å². The van der Waals surface area contributed by atoms with Crippen LogP contribution in [0.2, 0.25) is 1.41 Å². The summed E-state index contributed by atoms with van der Waals surface area (Å²) in [7, 11) is 0. The number of hydrogen-bond acceptors (Lipinski definition) is 5. The van der Waals surface area contributed by atoms with E-state index in [-0.39, 0.29) is 23.6 Å². The summed E-state index contributed by atoms with van der Waals surface area (Å²) in [6.07, 6.45) is 1.64. The molecule has 1 aliphatic rings. The summed E-state index contributed by atoms with van der Waals surface area (Å²) in [5, 5.41) is 20.6. The zero-order valence-corrected chi connectivity index (χ0v) is 11.5. The zero-order chi connectivity index (χ0) is 15.9. The Morgan fingerprint density at radius 3 is 1.71 bits per heavy atom. The fourth-order valence-electron chi connectivity index (χ4n) is 2.75. The Hall–Kier alpha value is -2.40. The van der Waals surface area contributed by atoms with Crippen LogP contribution < -0.4 is 16.8 Å². The van der Waals surface area contributed by atoms with Crippen molar-refractivity contribution in [1.82, 2.24) is 5.31 Å². The number of nitrogens with one attached hydrogen (secondary N) is 1. The number of phenols is 2. The smallest absolute Gasteiger partial charge is 0.138 e. The van der Waals surface area contributed by atoms with Crippen molar-refractivity contribution < 1.29 is 11.6 Å². The second kappa shape index (κ2) is 5.18. The van der Waals surface area contributed by atoms with Gasteiger partial charge in [0.15, 0.2) is 0 Å². The van der Waals surface area contributed by atoms with Gasteiger partial charge in [0.05, 0.1) is 11.4 Å². The molecule has 1 aliphatic heterocycles. The fraction of sp³-hybridized carbons (Fsp3) is 0.250.